The summed E-state index contributed by atoms with van der Waals surface area (Å²) in [6.45, 7) is 11.1. The fourth-order valence-corrected chi connectivity index (χ4v) is 0.371. The average molecular weight is 254 g/mol. The largest absolute Gasteiger partial charge is 0.478 e. The van der Waals surface area contributed by atoms with Crippen LogP contribution in [0.25, 0.3) is 0 Å². The van der Waals surface area contributed by atoms with Gasteiger partial charge in [0.15, 0.2) is 0 Å². The first-order valence-corrected chi connectivity index (χ1v) is 4.55. The van der Waals surface area contributed by atoms with E-state index in [1.807, 2.05) is 0 Å². The molecule has 0 aliphatic carbocycles. The molecule has 0 fully saturated rings. The number of rotatable bonds is 3. The van der Waals surface area contributed by atoms with Crippen molar-refractivity contribution in [3.05, 3.63) is 50.0 Å². The second-order valence-electron chi connectivity index (χ2n) is 2.63. The van der Waals surface area contributed by atoms with E-state index < -0.39 is 17.9 Å². The van der Waals surface area contributed by atoms with E-state index in [1.165, 1.54) is 19.4 Å². The number of hydrogen-bond acceptors (Lipinski definition) is 5. The summed E-state index contributed by atoms with van der Waals surface area (Å²) in [5, 5.41) is 7.89. The van der Waals surface area contributed by atoms with Crippen molar-refractivity contribution in [1.82, 2.24) is 0 Å². The van der Waals surface area contributed by atoms with Gasteiger partial charge in [-0.1, -0.05) is 19.7 Å². The van der Waals surface area contributed by atoms with Crippen molar-refractivity contribution < 1.29 is 29.0 Å². The van der Waals surface area contributed by atoms with Gasteiger partial charge in [0.05, 0.1) is 12.5 Å². The summed E-state index contributed by atoms with van der Waals surface area (Å²) in [7, 11) is 0. The topological polar surface area (TPSA) is 89.9 Å². The molecule has 0 aromatic heterocycles. The first-order chi connectivity index (χ1) is 8.34. The van der Waals surface area contributed by atoms with E-state index in [0.29, 0.717) is 0 Å². The van der Waals surface area contributed by atoms with Crippen molar-refractivity contribution in [2.24, 2.45) is 0 Å². The van der Waals surface area contributed by atoms with Gasteiger partial charge in [-0.05, 0) is 6.92 Å². The molecule has 0 radical (unpaired) electrons. The van der Waals surface area contributed by atoms with Crippen LogP contribution in [0.3, 0.4) is 0 Å². The van der Waals surface area contributed by atoms with Crippen LogP contribution in [-0.2, 0) is 23.9 Å². The Morgan fingerprint density at radius 3 is 1.67 bits per heavy atom. The molecule has 0 atom stereocenters. The van der Waals surface area contributed by atoms with Crippen molar-refractivity contribution in [3.63, 3.8) is 0 Å². The molecular formula is C12H14O6. The fraction of sp³-hybridized carbons (Fsp3) is 0.0833. The molecule has 98 valence electrons. The highest BCUT2D eigenvalue weighted by Crippen LogP contribution is 1.92. The Kier molecular flexibility index (Phi) is 10.7. The third-order valence-electron chi connectivity index (χ3n) is 1.11. The molecular weight excluding hydrogens is 240 g/mol. The summed E-state index contributed by atoms with van der Waals surface area (Å²) in [6, 6.07) is 0. The molecule has 0 amide bonds. The molecule has 1 aliphatic heterocycles. The first kappa shape index (κ1) is 17.8. The Hall–Kier alpha value is -2.63. The SMILES string of the molecule is C=C(C)C(=O)O.C=COC=C.O=C1C=CC(=O)O1. The van der Waals surface area contributed by atoms with E-state index >= 15 is 0 Å². The molecule has 18 heavy (non-hydrogen) atoms. The summed E-state index contributed by atoms with van der Waals surface area (Å²) in [4.78, 5) is 29.4. The Labute approximate surface area is 105 Å². The van der Waals surface area contributed by atoms with Gasteiger partial charge in [-0.25, -0.2) is 14.4 Å². The van der Waals surface area contributed by atoms with E-state index in [1.54, 1.807) is 0 Å². The zero-order valence-corrected chi connectivity index (χ0v) is 9.92. The van der Waals surface area contributed by atoms with Crippen LogP contribution in [0.15, 0.2) is 50.0 Å². The Bertz CT molecular complexity index is 344. The van der Waals surface area contributed by atoms with Crippen LogP contribution in [0, 0.1) is 0 Å². The van der Waals surface area contributed by atoms with E-state index in [-0.39, 0.29) is 5.57 Å². The Morgan fingerprint density at radius 1 is 1.28 bits per heavy atom. The quantitative estimate of drug-likeness (QED) is 0.356. The minimum Gasteiger partial charge on any atom is -0.478 e. The number of esters is 2. The standard InChI is InChI=1S/C4H2O3.C4H6O2.C4H6O/c5-3-1-2-4(6)7-3;1-3(2)4(5)6;1-3-5-4-2/h1-2H;1H2,2H3,(H,5,6);3-4H,1-2H2. The van der Waals surface area contributed by atoms with Gasteiger partial charge in [0, 0.05) is 17.7 Å². The maximum absolute atomic E-state index is 9.92. The van der Waals surface area contributed by atoms with E-state index in [4.69, 9.17) is 5.11 Å². The number of ether oxygens (including phenoxy) is 2. The van der Waals surface area contributed by atoms with Crippen molar-refractivity contribution in [3.8, 4) is 0 Å². The molecule has 0 bridgehead atoms. The third kappa shape index (κ3) is 13.4. The van der Waals surface area contributed by atoms with Crippen molar-refractivity contribution in [1.29, 1.82) is 0 Å². The lowest BCUT2D eigenvalue weighted by Gasteiger charge is -1.80. The highest BCUT2D eigenvalue weighted by atomic mass is 16.6. The Morgan fingerprint density at radius 2 is 1.61 bits per heavy atom. The van der Waals surface area contributed by atoms with Gasteiger partial charge >= 0.3 is 17.9 Å². The predicted molar refractivity (Wildman–Crippen MR) is 64.2 cm³/mol. The number of carbonyl (C=O) groups excluding carboxylic acids is 2. The van der Waals surface area contributed by atoms with Crippen LogP contribution in [0.4, 0.5) is 0 Å². The highest BCUT2D eigenvalue weighted by molar-refractivity contribution is 6.04. The van der Waals surface area contributed by atoms with Crippen molar-refractivity contribution in [2.75, 3.05) is 0 Å². The van der Waals surface area contributed by atoms with E-state index in [9.17, 15) is 14.4 Å². The summed E-state index contributed by atoms with van der Waals surface area (Å²) in [6.07, 6.45) is 4.80. The number of carboxylic acid groups (broad SMARTS) is 1. The van der Waals surface area contributed by atoms with E-state index in [0.717, 1.165) is 12.2 Å². The zero-order chi connectivity index (χ0) is 14.6. The van der Waals surface area contributed by atoms with E-state index in [2.05, 4.69) is 29.2 Å². The highest BCUT2D eigenvalue weighted by Gasteiger charge is 2.10. The van der Waals surface area contributed by atoms with Gasteiger partial charge in [-0.2, -0.15) is 0 Å². The second kappa shape index (κ2) is 10.9. The summed E-state index contributed by atoms with van der Waals surface area (Å²) in [5.74, 6) is -2.09. The minimum atomic E-state index is -0.935. The smallest absolute Gasteiger partial charge is 0.338 e. The van der Waals surface area contributed by atoms with Crippen LogP contribution in [0.2, 0.25) is 0 Å². The van der Waals surface area contributed by atoms with Gasteiger partial charge in [-0.15, -0.1) is 0 Å². The molecule has 6 nitrogen and oxygen atoms in total. The fourth-order valence-electron chi connectivity index (χ4n) is 0.371. The molecule has 0 aromatic carbocycles. The number of carbonyl (C=O) groups is 3. The predicted octanol–water partition coefficient (Wildman–Crippen LogP) is 1.56. The van der Waals surface area contributed by atoms with Crippen molar-refractivity contribution >= 4 is 17.9 Å². The van der Waals surface area contributed by atoms with Crippen LogP contribution in [0.1, 0.15) is 6.92 Å². The van der Waals surface area contributed by atoms with Crippen LogP contribution in [-0.4, -0.2) is 23.0 Å². The zero-order valence-electron chi connectivity index (χ0n) is 9.92. The third-order valence-corrected chi connectivity index (χ3v) is 1.11. The van der Waals surface area contributed by atoms with Gasteiger partial charge in [0.2, 0.25) is 0 Å². The minimum absolute atomic E-state index is 0.176. The molecule has 1 N–H and O–H groups in total. The summed E-state index contributed by atoms with van der Waals surface area (Å²) < 4.78 is 8.33. The first-order valence-electron chi connectivity index (χ1n) is 4.55. The number of carboxylic acids is 1. The normalized spacial score (nSPS) is 10.9. The van der Waals surface area contributed by atoms with Crippen LogP contribution >= 0.6 is 0 Å². The lowest BCUT2D eigenvalue weighted by Crippen LogP contribution is -1.96. The van der Waals surface area contributed by atoms with Gasteiger partial charge in [-0.3, -0.25) is 0 Å². The maximum atomic E-state index is 9.92. The maximum Gasteiger partial charge on any atom is 0.338 e. The molecule has 0 unspecified atom stereocenters. The molecule has 1 rings (SSSR count). The molecule has 6 heteroatoms. The lowest BCUT2D eigenvalue weighted by molar-refractivity contribution is -0.150. The molecule has 1 heterocycles. The number of hydrogen-bond donors (Lipinski definition) is 1. The number of cyclic esters (lactones) is 2. The molecule has 0 saturated carbocycles. The second-order valence-corrected chi connectivity index (χ2v) is 2.63. The molecule has 0 aromatic rings. The van der Waals surface area contributed by atoms with Gasteiger partial charge in [0.25, 0.3) is 0 Å². The van der Waals surface area contributed by atoms with Crippen LogP contribution < -0.4 is 0 Å². The van der Waals surface area contributed by atoms with Crippen LogP contribution in [0.5, 0.6) is 0 Å². The van der Waals surface area contributed by atoms with Gasteiger partial charge < -0.3 is 14.6 Å². The van der Waals surface area contributed by atoms with Gasteiger partial charge in [0.1, 0.15) is 0 Å². The molecule has 1 aliphatic rings. The monoisotopic (exact) mass is 254 g/mol. The average Bonchev–Trinajstić information content (AvgIpc) is 2.65. The number of aliphatic carboxylic acids is 1. The van der Waals surface area contributed by atoms with Crippen molar-refractivity contribution in [2.45, 2.75) is 6.92 Å². The lowest BCUT2D eigenvalue weighted by atomic mass is 10.4. The molecule has 0 spiro atoms. The molecule has 0 saturated heterocycles. The summed E-state index contributed by atoms with van der Waals surface area (Å²) in [5.41, 5.74) is 0.176. The summed E-state index contributed by atoms with van der Waals surface area (Å²) >= 11 is 0. The Balaban J connectivity index is 0.